The van der Waals surface area contributed by atoms with Crippen molar-refractivity contribution in [3.63, 3.8) is 0 Å². The number of sulfonamides is 1. The van der Waals surface area contributed by atoms with Crippen LogP contribution < -0.4 is 14.8 Å². The number of rotatable bonds is 8. The summed E-state index contributed by atoms with van der Waals surface area (Å²) in [5.74, 6) is 0.0420. The first-order valence-electron chi connectivity index (χ1n) is 20.2. The van der Waals surface area contributed by atoms with Crippen molar-refractivity contribution in [2.75, 3.05) is 26.7 Å². The number of amides is 3. The molecule has 2 saturated heterocycles. The van der Waals surface area contributed by atoms with E-state index in [1.165, 1.54) is 25.8 Å². The van der Waals surface area contributed by atoms with E-state index in [0.717, 1.165) is 59.0 Å². The Morgan fingerprint density at radius 1 is 1.00 bits per heavy atom. The topological polar surface area (TPSA) is 154 Å². The minimum Gasteiger partial charge on any atom is -0.497 e. The van der Waals surface area contributed by atoms with Crippen LogP contribution in [-0.2, 0) is 26.1 Å². The highest BCUT2D eigenvalue weighted by atomic mass is 32.2. The second-order valence-corrected chi connectivity index (χ2v) is 18.6. The SMILES string of the molecule is COc1ccc2c(c1)C=C(c1c(C(=O)N3C[C@@H](C)O[C@@H](C)C3)cnn1C1CCNC(=O)C1)Cn1c-2c(C2CCCCC2)c2ccc(C(=O)NS(=O)(=O)C(C)C)cc21. The third-order valence-corrected chi connectivity index (χ3v) is 13.7. The number of nitrogens with one attached hydrogen (secondary N) is 2. The molecule has 4 aliphatic rings. The third-order valence-electron chi connectivity index (χ3n) is 12.0. The molecule has 2 N–H and O–H groups in total. The van der Waals surface area contributed by atoms with Gasteiger partial charge in [-0.25, -0.2) is 13.1 Å². The highest BCUT2D eigenvalue weighted by Gasteiger charge is 2.36. The van der Waals surface area contributed by atoms with Crippen LogP contribution in [0.3, 0.4) is 0 Å². The molecule has 3 amide bonds. The minimum absolute atomic E-state index is 0.0672. The number of carbonyl (C=O) groups is 3. The quantitative estimate of drug-likeness (QED) is 0.211. The Kier molecular flexibility index (Phi) is 10.5. The fourth-order valence-electron chi connectivity index (χ4n) is 9.24. The first kappa shape index (κ1) is 38.9. The van der Waals surface area contributed by atoms with Gasteiger partial charge in [0.2, 0.25) is 15.9 Å². The third kappa shape index (κ3) is 7.37. The predicted octanol–water partition coefficient (Wildman–Crippen LogP) is 6.28. The highest BCUT2D eigenvalue weighted by molar-refractivity contribution is 7.90. The molecular weight excluding hydrogens is 745 g/mol. The molecular formula is C43H52N6O7S. The number of hydrogen-bond acceptors (Lipinski definition) is 8. The van der Waals surface area contributed by atoms with Crippen molar-refractivity contribution in [2.45, 2.75) is 109 Å². The Balaban J connectivity index is 1.36. The van der Waals surface area contributed by atoms with Crippen molar-refractivity contribution in [1.29, 1.82) is 0 Å². The van der Waals surface area contributed by atoms with E-state index in [1.807, 2.05) is 41.6 Å². The molecule has 0 spiro atoms. The number of methoxy groups -OCH3 is 1. The molecule has 3 fully saturated rings. The van der Waals surface area contributed by atoms with Crippen molar-refractivity contribution >= 4 is 50.3 Å². The van der Waals surface area contributed by atoms with E-state index in [0.29, 0.717) is 49.6 Å². The van der Waals surface area contributed by atoms with Crippen LogP contribution in [0.1, 0.15) is 122 Å². The Hall–Kier alpha value is -4.95. The van der Waals surface area contributed by atoms with Crippen molar-refractivity contribution in [3.05, 3.63) is 70.5 Å². The van der Waals surface area contributed by atoms with Gasteiger partial charge in [-0.3, -0.25) is 19.1 Å². The van der Waals surface area contributed by atoms with Crippen molar-refractivity contribution < 1.29 is 32.3 Å². The number of hydrogen-bond donors (Lipinski definition) is 2. The average molecular weight is 797 g/mol. The summed E-state index contributed by atoms with van der Waals surface area (Å²) < 4.78 is 43.8. The van der Waals surface area contributed by atoms with Crippen LogP contribution in [0.4, 0.5) is 0 Å². The minimum atomic E-state index is -3.88. The van der Waals surface area contributed by atoms with Gasteiger partial charge in [0.25, 0.3) is 11.8 Å². The molecule has 2 aromatic heterocycles. The van der Waals surface area contributed by atoms with Gasteiger partial charge in [0.15, 0.2) is 0 Å². The fourth-order valence-corrected chi connectivity index (χ4v) is 9.85. The van der Waals surface area contributed by atoms with E-state index in [-0.39, 0.29) is 48.0 Å². The summed E-state index contributed by atoms with van der Waals surface area (Å²) >= 11 is 0. The highest BCUT2D eigenvalue weighted by Crippen LogP contribution is 2.48. The Morgan fingerprint density at radius 2 is 1.75 bits per heavy atom. The first-order valence-corrected chi connectivity index (χ1v) is 21.8. The van der Waals surface area contributed by atoms with Crippen molar-refractivity contribution in [2.24, 2.45) is 0 Å². The summed E-state index contributed by atoms with van der Waals surface area (Å²) in [6, 6.07) is 11.3. The zero-order chi connectivity index (χ0) is 40.2. The Bertz CT molecular complexity index is 2380. The molecule has 2 aromatic carbocycles. The maximum absolute atomic E-state index is 14.7. The second kappa shape index (κ2) is 15.4. The molecule has 0 radical (unpaired) electrons. The Labute approximate surface area is 333 Å². The lowest BCUT2D eigenvalue weighted by Crippen LogP contribution is -2.48. The smallest absolute Gasteiger partial charge is 0.264 e. The molecule has 4 aromatic rings. The van der Waals surface area contributed by atoms with Gasteiger partial charge >= 0.3 is 0 Å². The van der Waals surface area contributed by atoms with Crippen LogP contribution in [0.2, 0.25) is 0 Å². The molecule has 1 saturated carbocycles. The van der Waals surface area contributed by atoms with Gasteiger partial charge in [-0.1, -0.05) is 25.3 Å². The number of nitrogens with zero attached hydrogens (tertiary/aromatic N) is 4. The summed E-state index contributed by atoms with van der Waals surface area (Å²) in [6.45, 7) is 8.69. The van der Waals surface area contributed by atoms with Crippen LogP contribution in [0.5, 0.6) is 5.75 Å². The van der Waals surface area contributed by atoms with Crippen LogP contribution in [0.25, 0.3) is 33.8 Å². The lowest BCUT2D eigenvalue weighted by Gasteiger charge is -2.35. The standard InChI is InChI=1S/C43H52N6O7S/c1-25(2)57(53,54)46-42(51)29-11-13-35-37(19-29)48-24-31(17-30-18-33(55-5)12-14-34(30)41(48)39(35)28-9-7-6-8-10-28)40-36(43(52)47-22-26(3)56-27(4)23-47)21-45-49(40)32-15-16-44-38(50)20-32/h11-14,17-19,21,25-28,32H,6-10,15-16,20,22-24H2,1-5H3,(H,44,50)(H,46,51)/t26-,27+,32?. The average Bonchev–Trinajstić information content (AvgIpc) is 3.72. The fraction of sp³-hybridized carbons (Fsp3) is 0.488. The number of benzene rings is 2. The maximum atomic E-state index is 14.7. The number of piperidine rings is 1. The molecule has 5 heterocycles. The van der Waals surface area contributed by atoms with Crippen LogP contribution >= 0.6 is 0 Å². The van der Waals surface area contributed by atoms with Crippen molar-refractivity contribution in [3.8, 4) is 17.0 Å². The first-order chi connectivity index (χ1) is 27.3. The molecule has 302 valence electrons. The van der Waals surface area contributed by atoms with E-state index in [2.05, 4.69) is 26.7 Å². The number of aromatic nitrogens is 3. The van der Waals surface area contributed by atoms with E-state index in [1.54, 1.807) is 25.4 Å². The summed E-state index contributed by atoms with van der Waals surface area (Å²) in [6.07, 6.45) is 9.83. The summed E-state index contributed by atoms with van der Waals surface area (Å²) in [7, 11) is -2.23. The molecule has 13 nitrogen and oxygen atoms in total. The molecule has 3 aliphatic heterocycles. The van der Waals surface area contributed by atoms with Crippen LogP contribution in [0, 0.1) is 0 Å². The maximum Gasteiger partial charge on any atom is 0.264 e. The lowest BCUT2D eigenvalue weighted by molar-refractivity contribution is -0.123. The number of morpholine rings is 1. The molecule has 1 unspecified atom stereocenters. The van der Waals surface area contributed by atoms with E-state index in [9.17, 15) is 22.8 Å². The largest absolute Gasteiger partial charge is 0.497 e. The van der Waals surface area contributed by atoms with Crippen LogP contribution in [0.15, 0.2) is 42.6 Å². The van der Waals surface area contributed by atoms with Gasteiger partial charge in [0, 0.05) is 48.1 Å². The zero-order valence-corrected chi connectivity index (χ0v) is 34.2. The number of carbonyl (C=O) groups excluding carboxylic acids is 3. The van der Waals surface area contributed by atoms with E-state index < -0.39 is 21.2 Å². The molecule has 0 bridgehead atoms. The molecule has 57 heavy (non-hydrogen) atoms. The second-order valence-electron chi connectivity index (χ2n) is 16.4. The van der Waals surface area contributed by atoms with Gasteiger partial charge in [-0.2, -0.15) is 5.10 Å². The van der Waals surface area contributed by atoms with E-state index in [4.69, 9.17) is 14.6 Å². The zero-order valence-electron chi connectivity index (χ0n) is 33.3. The molecule has 1 aliphatic carbocycles. The Morgan fingerprint density at radius 3 is 2.46 bits per heavy atom. The number of fused-ring (bicyclic) bond motifs is 5. The van der Waals surface area contributed by atoms with Crippen molar-refractivity contribution in [1.82, 2.24) is 29.3 Å². The van der Waals surface area contributed by atoms with Crippen LogP contribution in [-0.4, -0.2) is 89.6 Å². The van der Waals surface area contributed by atoms with E-state index >= 15 is 0 Å². The summed E-state index contributed by atoms with van der Waals surface area (Å²) in [4.78, 5) is 42.9. The summed E-state index contributed by atoms with van der Waals surface area (Å²) in [5, 5.41) is 8.04. The number of ether oxygens (including phenoxy) is 2. The van der Waals surface area contributed by atoms with Gasteiger partial charge in [-0.15, -0.1) is 0 Å². The molecule has 8 rings (SSSR count). The van der Waals surface area contributed by atoms with Gasteiger partial charge in [0.05, 0.1) is 60.3 Å². The van der Waals surface area contributed by atoms with Gasteiger partial charge < -0.3 is 24.3 Å². The monoisotopic (exact) mass is 796 g/mol. The molecule has 3 atom stereocenters. The molecule has 14 heteroatoms. The van der Waals surface area contributed by atoms with Gasteiger partial charge in [-0.05, 0) is 106 Å². The summed E-state index contributed by atoms with van der Waals surface area (Å²) in [5.41, 5.74) is 7.06. The normalized spacial score (nSPS) is 21.7. The lowest BCUT2D eigenvalue weighted by atomic mass is 9.81. The van der Waals surface area contributed by atoms with Gasteiger partial charge in [0.1, 0.15) is 5.75 Å². The number of allylic oxidation sites excluding steroid dienone is 1. The predicted molar refractivity (Wildman–Crippen MR) is 219 cm³/mol.